The molecule has 0 spiro atoms. The predicted molar refractivity (Wildman–Crippen MR) is 71.8 cm³/mol. The Kier molecular flexibility index (Phi) is 4.98. The van der Waals surface area contributed by atoms with Crippen LogP contribution in [0.25, 0.3) is 0 Å². The quantitative estimate of drug-likeness (QED) is 0.798. The topological polar surface area (TPSA) is 63.4 Å². The van der Waals surface area contributed by atoms with Crippen LogP contribution in [-0.2, 0) is 9.84 Å². The molecule has 2 N–H and O–H groups in total. The highest BCUT2D eigenvalue weighted by Crippen LogP contribution is 2.28. The van der Waals surface area contributed by atoms with Crippen molar-refractivity contribution in [2.75, 3.05) is 31.6 Å². The molecule has 0 saturated carbocycles. The lowest BCUT2D eigenvalue weighted by molar-refractivity contribution is 0.113. The van der Waals surface area contributed by atoms with E-state index in [1.54, 1.807) is 0 Å². The van der Waals surface area contributed by atoms with E-state index in [1.165, 1.54) is 0 Å². The summed E-state index contributed by atoms with van der Waals surface area (Å²) in [4.78, 5) is 2.18. The van der Waals surface area contributed by atoms with Gasteiger partial charge in [-0.3, -0.25) is 4.90 Å². The monoisotopic (exact) mass is 262 g/mol. The maximum absolute atomic E-state index is 11.8. The van der Waals surface area contributed by atoms with Crippen molar-refractivity contribution in [3.63, 3.8) is 0 Å². The summed E-state index contributed by atoms with van der Waals surface area (Å²) < 4.78 is 23.6. The van der Waals surface area contributed by atoms with Crippen LogP contribution >= 0.6 is 0 Å². The molecule has 1 fully saturated rings. The SMILES string of the molecule is CCC(C)CN(C)C1(CN)CCCS(=O)(=O)C1. The van der Waals surface area contributed by atoms with E-state index in [9.17, 15) is 8.42 Å². The van der Waals surface area contributed by atoms with Crippen LogP contribution in [0, 0.1) is 5.92 Å². The predicted octanol–water partition coefficient (Wildman–Crippen LogP) is 0.870. The lowest BCUT2D eigenvalue weighted by atomic mass is 9.92. The second-order valence-electron chi connectivity index (χ2n) is 5.52. The highest BCUT2D eigenvalue weighted by molar-refractivity contribution is 7.91. The zero-order valence-electron chi connectivity index (χ0n) is 11.3. The molecule has 102 valence electrons. The number of sulfone groups is 1. The molecule has 1 aliphatic heterocycles. The van der Waals surface area contributed by atoms with Gasteiger partial charge in [0.05, 0.1) is 11.5 Å². The normalized spacial score (nSPS) is 30.4. The Bertz CT molecular complexity index is 342. The second-order valence-corrected chi connectivity index (χ2v) is 7.70. The number of rotatable bonds is 5. The van der Waals surface area contributed by atoms with Crippen LogP contribution in [0.4, 0.5) is 0 Å². The van der Waals surface area contributed by atoms with Gasteiger partial charge in [-0.15, -0.1) is 0 Å². The first-order chi connectivity index (χ1) is 7.85. The van der Waals surface area contributed by atoms with Gasteiger partial charge in [0.25, 0.3) is 0 Å². The van der Waals surface area contributed by atoms with Crippen molar-refractivity contribution in [1.29, 1.82) is 0 Å². The molecule has 0 bridgehead atoms. The number of hydrogen-bond acceptors (Lipinski definition) is 4. The van der Waals surface area contributed by atoms with Gasteiger partial charge in [-0.1, -0.05) is 20.3 Å². The molecule has 0 amide bonds. The summed E-state index contributed by atoms with van der Waals surface area (Å²) in [6.45, 7) is 5.70. The van der Waals surface area contributed by atoms with Gasteiger partial charge in [0.15, 0.2) is 9.84 Å². The summed E-state index contributed by atoms with van der Waals surface area (Å²) in [6, 6.07) is 0. The van der Waals surface area contributed by atoms with E-state index < -0.39 is 9.84 Å². The molecule has 2 atom stereocenters. The Morgan fingerprint density at radius 1 is 1.47 bits per heavy atom. The third kappa shape index (κ3) is 3.66. The second kappa shape index (κ2) is 5.67. The lowest BCUT2D eigenvalue weighted by Gasteiger charge is -2.44. The summed E-state index contributed by atoms with van der Waals surface area (Å²) in [5, 5.41) is 0. The molecule has 0 aromatic heterocycles. The Hall–Kier alpha value is -0.130. The van der Waals surface area contributed by atoms with Crippen LogP contribution < -0.4 is 5.73 Å². The van der Waals surface area contributed by atoms with Crippen molar-refractivity contribution in [3.05, 3.63) is 0 Å². The van der Waals surface area contributed by atoms with E-state index in [0.717, 1.165) is 25.8 Å². The largest absolute Gasteiger partial charge is 0.329 e. The molecule has 17 heavy (non-hydrogen) atoms. The number of hydrogen-bond donors (Lipinski definition) is 1. The summed E-state index contributed by atoms with van der Waals surface area (Å²) in [7, 11) is -0.898. The third-order valence-corrected chi connectivity index (χ3v) is 5.95. The van der Waals surface area contributed by atoms with Crippen molar-refractivity contribution in [2.24, 2.45) is 11.7 Å². The fourth-order valence-corrected chi connectivity index (χ4v) is 4.61. The summed E-state index contributed by atoms with van der Waals surface area (Å²) >= 11 is 0. The van der Waals surface area contributed by atoms with Gasteiger partial charge in [-0.2, -0.15) is 0 Å². The molecule has 0 aromatic carbocycles. The molecule has 1 saturated heterocycles. The van der Waals surface area contributed by atoms with Crippen molar-refractivity contribution in [2.45, 2.75) is 38.6 Å². The van der Waals surface area contributed by atoms with Gasteiger partial charge in [-0.05, 0) is 25.8 Å². The summed E-state index contributed by atoms with van der Waals surface area (Å²) in [5.41, 5.74) is 5.54. The fraction of sp³-hybridized carbons (Fsp3) is 1.00. The maximum Gasteiger partial charge on any atom is 0.152 e. The molecule has 0 radical (unpaired) electrons. The average Bonchev–Trinajstić information content (AvgIpc) is 2.27. The van der Waals surface area contributed by atoms with Gasteiger partial charge in [-0.25, -0.2) is 8.42 Å². The zero-order chi connectivity index (χ0) is 13.1. The molecular formula is C12H26N2O2S. The number of likely N-dealkylation sites (N-methyl/N-ethyl adjacent to an activating group) is 1. The van der Waals surface area contributed by atoms with Gasteiger partial charge in [0.1, 0.15) is 0 Å². The molecule has 5 heteroatoms. The van der Waals surface area contributed by atoms with Gasteiger partial charge in [0.2, 0.25) is 0 Å². The first kappa shape index (κ1) is 14.9. The minimum Gasteiger partial charge on any atom is -0.329 e. The van der Waals surface area contributed by atoms with Crippen LogP contribution in [0.5, 0.6) is 0 Å². The molecule has 0 aromatic rings. The van der Waals surface area contributed by atoms with Crippen molar-refractivity contribution < 1.29 is 8.42 Å². The molecule has 2 unspecified atom stereocenters. The van der Waals surface area contributed by atoms with Crippen LogP contribution in [0.3, 0.4) is 0 Å². The molecule has 1 heterocycles. The number of nitrogens with zero attached hydrogens (tertiary/aromatic N) is 1. The van der Waals surface area contributed by atoms with Crippen LogP contribution in [0.15, 0.2) is 0 Å². The van der Waals surface area contributed by atoms with Crippen LogP contribution in [-0.4, -0.2) is 50.5 Å². The first-order valence-electron chi connectivity index (χ1n) is 6.47. The third-order valence-electron chi connectivity index (χ3n) is 4.06. The summed E-state index contributed by atoms with van der Waals surface area (Å²) in [5.74, 6) is 1.13. The van der Waals surface area contributed by atoms with Gasteiger partial charge < -0.3 is 5.73 Å². The van der Waals surface area contributed by atoms with E-state index in [-0.39, 0.29) is 11.3 Å². The van der Waals surface area contributed by atoms with E-state index in [2.05, 4.69) is 18.7 Å². The molecular weight excluding hydrogens is 236 g/mol. The minimum atomic E-state index is -2.91. The molecule has 4 nitrogen and oxygen atoms in total. The highest BCUT2D eigenvalue weighted by atomic mass is 32.2. The minimum absolute atomic E-state index is 0.226. The molecule has 1 aliphatic rings. The smallest absolute Gasteiger partial charge is 0.152 e. The lowest BCUT2D eigenvalue weighted by Crippen LogP contribution is -2.59. The van der Waals surface area contributed by atoms with E-state index in [4.69, 9.17) is 5.73 Å². The fourth-order valence-electron chi connectivity index (χ4n) is 2.58. The molecule has 0 aliphatic carbocycles. The van der Waals surface area contributed by atoms with E-state index >= 15 is 0 Å². The zero-order valence-corrected chi connectivity index (χ0v) is 12.1. The average molecular weight is 262 g/mol. The van der Waals surface area contributed by atoms with Crippen LogP contribution in [0.2, 0.25) is 0 Å². The summed E-state index contributed by atoms with van der Waals surface area (Å²) in [6.07, 6.45) is 2.75. The Morgan fingerprint density at radius 3 is 2.59 bits per heavy atom. The van der Waals surface area contributed by atoms with Crippen molar-refractivity contribution in [3.8, 4) is 0 Å². The first-order valence-corrected chi connectivity index (χ1v) is 8.29. The Morgan fingerprint density at radius 2 is 2.12 bits per heavy atom. The van der Waals surface area contributed by atoms with E-state index in [1.807, 2.05) is 7.05 Å². The van der Waals surface area contributed by atoms with Crippen molar-refractivity contribution >= 4 is 9.84 Å². The van der Waals surface area contributed by atoms with Crippen LogP contribution in [0.1, 0.15) is 33.1 Å². The van der Waals surface area contributed by atoms with Gasteiger partial charge in [0, 0.05) is 18.6 Å². The van der Waals surface area contributed by atoms with Gasteiger partial charge >= 0.3 is 0 Å². The number of nitrogens with two attached hydrogens (primary N) is 1. The highest BCUT2D eigenvalue weighted by Gasteiger charge is 2.41. The standard InChI is InChI=1S/C12H26N2O2S/c1-4-11(2)8-14(3)12(9-13)6-5-7-17(15,16)10-12/h11H,4-10,13H2,1-3H3. The maximum atomic E-state index is 11.8. The Labute approximate surface area is 105 Å². The van der Waals surface area contributed by atoms with E-state index in [0.29, 0.717) is 18.2 Å². The molecule has 1 rings (SSSR count). The van der Waals surface area contributed by atoms with Crippen molar-refractivity contribution in [1.82, 2.24) is 4.90 Å². The Balaban J connectivity index is 2.80.